The molecule has 2 saturated heterocycles. The third-order valence-corrected chi connectivity index (χ3v) is 10.1. The van der Waals surface area contributed by atoms with Gasteiger partial charge >= 0.3 is 0 Å². The highest BCUT2D eigenvalue weighted by Crippen LogP contribution is 2.39. The van der Waals surface area contributed by atoms with Gasteiger partial charge in [-0.15, -0.1) is 0 Å². The molecular formula is C17H20N2O6S2. The van der Waals surface area contributed by atoms with E-state index in [2.05, 4.69) is 5.32 Å². The topological polar surface area (TPSA) is 118 Å². The molecule has 8 nitrogen and oxygen atoms in total. The number of hydrogen-bond donors (Lipinski definition) is 1. The van der Waals surface area contributed by atoms with E-state index >= 15 is 0 Å². The predicted molar refractivity (Wildman–Crippen MR) is 97.7 cm³/mol. The van der Waals surface area contributed by atoms with Crippen LogP contribution in [0.5, 0.6) is 0 Å². The molecule has 0 aromatic heterocycles. The first-order valence-corrected chi connectivity index (χ1v) is 12.0. The van der Waals surface area contributed by atoms with Crippen LogP contribution >= 0.6 is 0 Å². The van der Waals surface area contributed by atoms with Crippen molar-refractivity contribution in [2.75, 3.05) is 24.6 Å². The number of nitrogens with one attached hydrogen (secondary N) is 1. The normalized spacial score (nSPS) is 33.2. The Labute approximate surface area is 157 Å². The van der Waals surface area contributed by atoms with Crippen LogP contribution < -0.4 is 5.32 Å². The molecule has 10 heteroatoms. The van der Waals surface area contributed by atoms with E-state index in [1.54, 1.807) is 31.2 Å². The molecule has 0 radical (unpaired) electrons. The summed E-state index contributed by atoms with van der Waals surface area (Å²) >= 11 is 0. The molecule has 1 N–H and O–H groups in total. The number of hydrogen-bond acceptors (Lipinski definition) is 6. The van der Waals surface area contributed by atoms with Crippen LogP contribution in [0.2, 0.25) is 0 Å². The third kappa shape index (κ3) is 2.81. The van der Waals surface area contributed by atoms with Crippen molar-refractivity contribution in [2.24, 2.45) is 5.41 Å². The van der Waals surface area contributed by atoms with Crippen LogP contribution in [-0.2, 0) is 19.9 Å². The number of benzene rings is 1. The summed E-state index contributed by atoms with van der Waals surface area (Å²) in [7, 11) is -7.24. The summed E-state index contributed by atoms with van der Waals surface area (Å²) in [5.41, 5.74) is -0.538. The Kier molecular flexibility index (Phi) is 4.03. The number of ketones is 1. The second kappa shape index (κ2) is 5.86. The van der Waals surface area contributed by atoms with Crippen LogP contribution in [0.1, 0.15) is 34.1 Å². The van der Waals surface area contributed by atoms with Gasteiger partial charge in [0.05, 0.1) is 33.8 Å². The fraction of sp³-hybridized carbons (Fsp3) is 0.529. The Balaban J connectivity index is 1.69. The lowest BCUT2D eigenvalue weighted by molar-refractivity contribution is 0.0796. The van der Waals surface area contributed by atoms with E-state index < -0.39 is 48.2 Å². The van der Waals surface area contributed by atoms with Gasteiger partial charge in [0.25, 0.3) is 5.91 Å². The largest absolute Gasteiger partial charge is 0.347 e. The van der Waals surface area contributed by atoms with Crippen molar-refractivity contribution in [1.29, 1.82) is 0 Å². The molecule has 0 bridgehead atoms. The molecule has 2 fully saturated rings. The summed E-state index contributed by atoms with van der Waals surface area (Å²) in [4.78, 5) is 25.7. The molecule has 0 unspecified atom stereocenters. The maximum Gasteiger partial charge on any atom is 0.252 e. The molecule has 3 atom stereocenters. The summed E-state index contributed by atoms with van der Waals surface area (Å²) < 4.78 is 50.5. The molecule has 1 aromatic rings. The summed E-state index contributed by atoms with van der Waals surface area (Å²) in [6.45, 7) is 1.54. The van der Waals surface area contributed by atoms with Crippen LogP contribution in [0, 0.1) is 5.41 Å². The van der Waals surface area contributed by atoms with E-state index in [-0.39, 0.29) is 42.2 Å². The Morgan fingerprint density at radius 3 is 2.48 bits per heavy atom. The molecule has 3 aliphatic rings. The number of fused-ring (bicyclic) bond motifs is 2. The molecule has 27 heavy (non-hydrogen) atoms. The fourth-order valence-corrected chi connectivity index (χ4v) is 8.85. The molecule has 1 amide bonds. The number of sulfonamides is 1. The minimum Gasteiger partial charge on any atom is -0.347 e. The van der Waals surface area contributed by atoms with Gasteiger partial charge < -0.3 is 5.32 Å². The zero-order chi connectivity index (χ0) is 19.6. The number of carbonyl (C=O) groups is 2. The zero-order valence-corrected chi connectivity index (χ0v) is 16.3. The number of nitrogens with zero attached hydrogens (tertiary/aromatic N) is 1. The van der Waals surface area contributed by atoms with E-state index in [9.17, 15) is 26.4 Å². The number of sulfone groups is 1. The van der Waals surface area contributed by atoms with Crippen LogP contribution in [-0.4, -0.2) is 68.7 Å². The Morgan fingerprint density at radius 2 is 1.85 bits per heavy atom. The molecule has 4 rings (SSSR count). The number of carbonyl (C=O) groups excluding carboxylic acids is 2. The highest BCUT2D eigenvalue weighted by atomic mass is 32.2. The van der Waals surface area contributed by atoms with Crippen molar-refractivity contribution >= 4 is 31.6 Å². The van der Waals surface area contributed by atoms with Crippen LogP contribution in [0.25, 0.3) is 0 Å². The molecule has 1 aromatic carbocycles. The standard InChI is InChI=1S/C17H20N2O6S2/c1-17-10-19(27(24,25)11-6-7-26(22,23)9-11)8-14(17)18-16(21)13-5-3-2-4-12(13)15(17)20/h2-5,11,14H,6-10H2,1H3,(H,18,21)/t11-,14-,17+/m1/s1. The zero-order valence-electron chi connectivity index (χ0n) is 14.7. The van der Waals surface area contributed by atoms with E-state index in [4.69, 9.17) is 0 Å². The Hall–Kier alpha value is -1.78. The quantitative estimate of drug-likeness (QED) is 0.720. The molecule has 0 aliphatic carbocycles. The molecule has 3 aliphatic heterocycles. The summed E-state index contributed by atoms with van der Waals surface area (Å²) in [6, 6.07) is 5.82. The minimum absolute atomic E-state index is 0.0408. The van der Waals surface area contributed by atoms with Gasteiger partial charge in [-0.2, -0.15) is 4.31 Å². The lowest BCUT2D eigenvalue weighted by Crippen LogP contribution is -2.47. The van der Waals surface area contributed by atoms with Gasteiger partial charge in [0.2, 0.25) is 10.0 Å². The smallest absolute Gasteiger partial charge is 0.252 e. The van der Waals surface area contributed by atoms with E-state index in [0.717, 1.165) is 0 Å². The van der Waals surface area contributed by atoms with Crippen molar-refractivity contribution < 1.29 is 26.4 Å². The van der Waals surface area contributed by atoms with Crippen molar-refractivity contribution in [3.63, 3.8) is 0 Å². The number of Topliss-reactive ketones (excluding diaryl/α,β-unsaturated/α-hetero) is 1. The van der Waals surface area contributed by atoms with Gasteiger partial charge in [-0.25, -0.2) is 16.8 Å². The van der Waals surface area contributed by atoms with Gasteiger partial charge in [-0.1, -0.05) is 18.2 Å². The first kappa shape index (κ1) is 18.6. The van der Waals surface area contributed by atoms with Crippen LogP contribution in [0.3, 0.4) is 0 Å². The molecular weight excluding hydrogens is 392 g/mol. The number of rotatable bonds is 2. The second-order valence-electron chi connectivity index (χ2n) is 7.68. The maximum atomic E-state index is 13.2. The third-order valence-electron chi connectivity index (χ3n) is 5.87. The molecule has 146 valence electrons. The maximum absolute atomic E-state index is 13.2. The first-order valence-electron chi connectivity index (χ1n) is 8.69. The van der Waals surface area contributed by atoms with Crippen molar-refractivity contribution in [3.05, 3.63) is 35.4 Å². The average Bonchev–Trinajstić information content (AvgIpc) is 3.13. The first-order chi connectivity index (χ1) is 12.5. The lowest BCUT2D eigenvalue weighted by Gasteiger charge is -2.27. The minimum atomic E-state index is -3.89. The van der Waals surface area contributed by atoms with Gasteiger partial charge in [0.1, 0.15) is 0 Å². The number of amides is 1. The van der Waals surface area contributed by atoms with Crippen molar-refractivity contribution in [1.82, 2.24) is 9.62 Å². The van der Waals surface area contributed by atoms with E-state index in [1.165, 1.54) is 4.31 Å². The second-order valence-corrected chi connectivity index (χ2v) is 12.1. The highest BCUT2D eigenvalue weighted by molar-refractivity contribution is 7.95. The van der Waals surface area contributed by atoms with Gasteiger partial charge in [0, 0.05) is 18.7 Å². The van der Waals surface area contributed by atoms with Crippen LogP contribution in [0.15, 0.2) is 24.3 Å². The van der Waals surface area contributed by atoms with Gasteiger partial charge in [0.15, 0.2) is 15.6 Å². The lowest BCUT2D eigenvalue weighted by atomic mass is 9.78. The van der Waals surface area contributed by atoms with E-state index in [0.29, 0.717) is 0 Å². The van der Waals surface area contributed by atoms with E-state index in [1.807, 2.05) is 0 Å². The highest BCUT2D eigenvalue weighted by Gasteiger charge is 2.55. The van der Waals surface area contributed by atoms with Crippen LogP contribution in [0.4, 0.5) is 0 Å². The van der Waals surface area contributed by atoms with Crippen molar-refractivity contribution in [3.8, 4) is 0 Å². The Morgan fingerprint density at radius 1 is 1.19 bits per heavy atom. The van der Waals surface area contributed by atoms with Crippen molar-refractivity contribution in [2.45, 2.75) is 24.6 Å². The van der Waals surface area contributed by atoms with Gasteiger partial charge in [-0.05, 0) is 19.4 Å². The molecule has 3 heterocycles. The summed E-state index contributed by atoms with van der Waals surface area (Å²) in [5, 5.41) is 1.80. The summed E-state index contributed by atoms with van der Waals surface area (Å²) in [5.74, 6) is -1.22. The summed E-state index contributed by atoms with van der Waals surface area (Å²) in [6.07, 6.45) is 0.0612. The average molecular weight is 412 g/mol. The fourth-order valence-electron chi connectivity index (χ4n) is 4.20. The van der Waals surface area contributed by atoms with Gasteiger partial charge in [-0.3, -0.25) is 9.59 Å². The predicted octanol–water partition coefficient (Wildman–Crippen LogP) is -0.180. The monoisotopic (exact) mass is 412 g/mol. The SMILES string of the molecule is C[C@]12CN(S(=O)(=O)[C@@H]3CCS(=O)(=O)C3)C[C@H]1NC(=O)c1ccccc1C2=O. The molecule has 0 saturated carbocycles. The Bertz CT molecular complexity index is 1050. The molecule has 0 spiro atoms.